The molecule has 0 radical (unpaired) electrons. The number of aliphatic hydroxyl groups is 1. The van der Waals surface area contributed by atoms with Gasteiger partial charge in [-0.2, -0.15) is 0 Å². The van der Waals surface area contributed by atoms with Gasteiger partial charge >= 0.3 is 24.0 Å². The Bertz CT molecular complexity index is 1420. The van der Waals surface area contributed by atoms with E-state index in [-0.39, 0.29) is 26.8 Å². The SMILES string of the molecule is CNC(=O)OC(CCCN1CCCCC1)(COc1ccc2c(c1)OCO2)COc1ccc2c(c1)OCO2.O=C(O)CC(O)(CC(=O)O)C(=O)O. The van der Waals surface area contributed by atoms with Crippen LogP contribution in [0.1, 0.15) is 44.9 Å². The van der Waals surface area contributed by atoms with Gasteiger partial charge in [-0.1, -0.05) is 6.42 Å². The predicted molar refractivity (Wildman–Crippen MR) is 171 cm³/mol. The summed E-state index contributed by atoms with van der Waals surface area (Å²) in [5.41, 5.74) is -3.78. The lowest BCUT2D eigenvalue weighted by Crippen LogP contribution is -2.48. The van der Waals surface area contributed by atoms with Crippen LogP contribution in [0.15, 0.2) is 36.4 Å². The molecular formula is C33H42N2O15. The van der Waals surface area contributed by atoms with E-state index in [9.17, 15) is 19.2 Å². The number of rotatable bonds is 16. The molecule has 2 aromatic carbocycles. The quantitative estimate of drug-likeness (QED) is 0.169. The average molecular weight is 707 g/mol. The molecule has 0 saturated carbocycles. The minimum atomic E-state index is -2.74. The number of carbonyl (C=O) groups excluding carboxylic acids is 1. The summed E-state index contributed by atoms with van der Waals surface area (Å²) in [6, 6.07) is 10.8. The lowest BCUT2D eigenvalue weighted by molar-refractivity contribution is -0.170. The molecule has 1 amide bonds. The molecule has 0 aromatic heterocycles. The normalized spacial score (nSPS) is 14.9. The molecular weight excluding hydrogens is 664 g/mol. The molecule has 1 saturated heterocycles. The first kappa shape index (κ1) is 37.7. The molecule has 17 heteroatoms. The van der Waals surface area contributed by atoms with Crippen molar-refractivity contribution in [2.24, 2.45) is 0 Å². The Balaban J connectivity index is 0.000000369. The van der Waals surface area contributed by atoms with Gasteiger partial charge in [0.1, 0.15) is 24.7 Å². The van der Waals surface area contributed by atoms with Gasteiger partial charge in [-0.25, -0.2) is 9.59 Å². The zero-order valence-corrected chi connectivity index (χ0v) is 27.6. The monoisotopic (exact) mass is 706 g/mol. The van der Waals surface area contributed by atoms with Crippen molar-refractivity contribution in [2.45, 2.75) is 56.1 Å². The molecule has 0 unspecified atom stereocenters. The van der Waals surface area contributed by atoms with Crippen molar-refractivity contribution in [2.75, 3.05) is 53.5 Å². The summed E-state index contributed by atoms with van der Waals surface area (Å²) < 4.78 is 40.1. The number of amides is 1. The molecule has 3 heterocycles. The Labute approximate surface area is 287 Å². The van der Waals surface area contributed by atoms with E-state index in [1.54, 1.807) is 24.3 Å². The summed E-state index contributed by atoms with van der Waals surface area (Å²) in [6.45, 7) is 3.70. The maximum Gasteiger partial charge on any atom is 0.407 e. The summed E-state index contributed by atoms with van der Waals surface area (Å²) in [5, 5.41) is 36.4. The van der Waals surface area contributed by atoms with Crippen LogP contribution in [0.5, 0.6) is 34.5 Å². The number of alkyl carbamates (subject to hydrolysis) is 1. The van der Waals surface area contributed by atoms with Gasteiger partial charge in [0.15, 0.2) is 34.2 Å². The number of carboxylic acid groups (broad SMARTS) is 3. The van der Waals surface area contributed by atoms with Crippen LogP contribution in [0.25, 0.3) is 0 Å². The molecule has 274 valence electrons. The van der Waals surface area contributed by atoms with Gasteiger partial charge in [0.2, 0.25) is 13.6 Å². The lowest BCUT2D eigenvalue weighted by atomic mass is 9.96. The Morgan fingerprint density at radius 2 is 1.28 bits per heavy atom. The maximum absolute atomic E-state index is 12.5. The second-order valence-corrected chi connectivity index (χ2v) is 11.9. The number of carboxylic acids is 3. The van der Waals surface area contributed by atoms with Crippen molar-refractivity contribution < 1.29 is 72.8 Å². The zero-order valence-electron chi connectivity index (χ0n) is 27.6. The van der Waals surface area contributed by atoms with Crippen LogP contribution in [0.3, 0.4) is 0 Å². The molecule has 17 nitrogen and oxygen atoms in total. The molecule has 0 aliphatic carbocycles. The first-order valence-electron chi connectivity index (χ1n) is 16.0. The third-order valence-electron chi connectivity index (χ3n) is 8.05. The van der Waals surface area contributed by atoms with Crippen molar-refractivity contribution >= 4 is 24.0 Å². The van der Waals surface area contributed by atoms with E-state index in [2.05, 4.69) is 10.2 Å². The Morgan fingerprint density at radius 1 is 0.780 bits per heavy atom. The van der Waals surface area contributed by atoms with E-state index >= 15 is 0 Å². The number of hydrogen-bond acceptors (Lipinski definition) is 13. The van der Waals surface area contributed by atoms with E-state index in [0.717, 1.165) is 26.1 Å². The molecule has 0 spiro atoms. The molecule has 0 bridgehead atoms. The van der Waals surface area contributed by atoms with Crippen LogP contribution >= 0.6 is 0 Å². The number of ether oxygens (including phenoxy) is 7. The van der Waals surface area contributed by atoms with Crippen LogP contribution in [0.2, 0.25) is 0 Å². The number of nitrogens with one attached hydrogen (secondary N) is 1. The Hall–Kier alpha value is -5.16. The highest BCUT2D eigenvalue weighted by Crippen LogP contribution is 2.37. The fourth-order valence-electron chi connectivity index (χ4n) is 5.43. The highest BCUT2D eigenvalue weighted by Gasteiger charge is 2.41. The summed E-state index contributed by atoms with van der Waals surface area (Å²) >= 11 is 0. The highest BCUT2D eigenvalue weighted by molar-refractivity contribution is 5.88. The summed E-state index contributed by atoms with van der Waals surface area (Å²) in [7, 11) is 1.54. The summed E-state index contributed by atoms with van der Waals surface area (Å²) in [6.07, 6.45) is 2.29. The van der Waals surface area contributed by atoms with Crippen molar-refractivity contribution in [3.63, 3.8) is 0 Å². The average Bonchev–Trinajstić information content (AvgIpc) is 3.75. The van der Waals surface area contributed by atoms with E-state index in [4.69, 9.17) is 53.6 Å². The summed E-state index contributed by atoms with van der Waals surface area (Å²) in [5.74, 6) is -1.24. The van der Waals surface area contributed by atoms with Crippen LogP contribution in [0, 0.1) is 0 Å². The van der Waals surface area contributed by atoms with E-state index in [0.29, 0.717) is 40.9 Å². The van der Waals surface area contributed by atoms with Gasteiger partial charge in [-0.3, -0.25) is 9.59 Å². The number of hydrogen-bond donors (Lipinski definition) is 5. The topological polar surface area (TPSA) is 229 Å². The predicted octanol–water partition coefficient (Wildman–Crippen LogP) is 2.71. The van der Waals surface area contributed by atoms with Crippen molar-refractivity contribution in [3.8, 4) is 34.5 Å². The molecule has 2 aromatic rings. The van der Waals surface area contributed by atoms with Gasteiger partial charge in [0.25, 0.3) is 0 Å². The number of carbonyl (C=O) groups is 4. The first-order valence-corrected chi connectivity index (χ1v) is 16.0. The zero-order chi connectivity index (χ0) is 36.1. The van der Waals surface area contributed by atoms with Crippen molar-refractivity contribution in [1.82, 2.24) is 10.2 Å². The van der Waals surface area contributed by atoms with E-state index in [1.165, 1.54) is 26.3 Å². The van der Waals surface area contributed by atoms with E-state index in [1.807, 2.05) is 12.1 Å². The van der Waals surface area contributed by atoms with Gasteiger partial charge in [0.05, 0.1) is 12.8 Å². The number of likely N-dealkylation sites (tertiary alicyclic amines) is 1. The number of fused-ring (bicyclic) bond motifs is 2. The largest absolute Gasteiger partial charge is 0.489 e. The van der Waals surface area contributed by atoms with Gasteiger partial charge < -0.3 is 63.8 Å². The minimum Gasteiger partial charge on any atom is -0.489 e. The number of piperidine rings is 1. The Morgan fingerprint density at radius 3 is 1.74 bits per heavy atom. The molecule has 0 atom stereocenters. The molecule has 3 aliphatic heterocycles. The summed E-state index contributed by atoms with van der Waals surface area (Å²) in [4.78, 5) is 45.4. The maximum atomic E-state index is 12.5. The molecule has 5 N–H and O–H groups in total. The van der Waals surface area contributed by atoms with Crippen LogP contribution in [-0.4, -0.2) is 114 Å². The fourth-order valence-corrected chi connectivity index (χ4v) is 5.43. The van der Waals surface area contributed by atoms with Crippen molar-refractivity contribution in [1.29, 1.82) is 0 Å². The standard InChI is InChI=1S/C27H34N2O8.C6H8O7/c1-28-26(30)37-27(10-5-13-29-11-3-2-4-12-29,16-31-20-6-8-22-24(14-20)35-18-33-22)17-32-21-7-9-23-25(15-21)36-19-34-23;7-3(8)1-6(13,5(11)12)2-4(9)10/h6-9,14-15H,2-5,10-13,16-19H2,1H3,(H,28,30);13H,1-2H2,(H,7,8)(H,9,10)(H,11,12). The van der Waals surface area contributed by atoms with Crippen LogP contribution in [0.4, 0.5) is 4.79 Å². The number of benzene rings is 2. The molecule has 1 fully saturated rings. The molecule has 5 rings (SSSR count). The number of nitrogens with zero attached hydrogens (tertiary/aromatic N) is 1. The minimum absolute atomic E-state index is 0.102. The second-order valence-electron chi connectivity index (χ2n) is 11.9. The smallest absolute Gasteiger partial charge is 0.407 e. The van der Waals surface area contributed by atoms with Gasteiger partial charge in [-0.15, -0.1) is 0 Å². The van der Waals surface area contributed by atoms with E-state index < -0.39 is 48.0 Å². The molecule has 3 aliphatic rings. The lowest BCUT2D eigenvalue weighted by Gasteiger charge is -2.34. The third kappa shape index (κ3) is 10.9. The highest BCUT2D eigenvalue weighted by atomic mass is 16.7. The number of aliphatic carboxylic acids is 3. The Kier molecular flexibility index (Phi) is 13.2. The first-order chi connectivity index (χ1) is 23.9. The second kappa shape index (κ2) is 17.5. The third-order valence-corrected chi connectivity index (χ3v) is 8.05. The fraction of sp³-hybridized carbons (Fsp3) is 0.515. The van der Waals surface area contributed by atoms with Crippen LogP contribution in [-0.2, 0) is 19.1 Å². The van der Waals surface area contributed by atoms with Gasteiger partial charge in [0, 0.05) is 19.2 Å². The molecule has 50 heavy (non-hydrogen) atoms. The van der Waals surface area contributed by atoms with Crippen molar-refractivity contribution in [3.05, 3.63) is 36.4 Å². The van der Waals surface area contributed by atoms with Crippen LogP contribution < -0.4 is 33.7 Å². The van der Waals surface area contributed by atoms with Gasteiger partial charge in [-0.05, 0) is 69.6 Å².